The molecule has 0 N–H and O–H groups in total. The van der Waals surface area contributed by atoms with Crippen LogP contribution in [0.3, 0.4) is 0 Å². The fraction of sp³-hybridized carbons (Fsp3) is 0.900. The zero-order valence-corrected chi connectivity index (χ0v) is 9.05. The zero-order valence-electron chi connectivity index (χ0n) is 9.05. The second-order valence-electron chi connectivity index (χ2n) is 3.78. The molecule has 73 valence electrons. The highest BCUT2D eigenvalue weighted by Crippen LogP contribution is 2.14. The SMILES string of the molecule is C[C](C)C(OC(C)C)OC(C)C. The lowest BCUT2D eigenvalue weighted by molar-refractivity contribution is -0.170. The first-order valence-electron chi connectivity index (χ1n) is 4.54. The van der Waals surface area contributed by atoms with Crippen LogP contribution in [0.1, 0.15) is 41.5 Å². The minimum Gasteiger partial charge on any atom is -0.349 e. The Labute approximate surface area is 76.3 Å². The summed E-state index contributed by atoms with van der Waals surface area (Å²) >= 11 is 0. The summed E-state index contributed by atoms with van der Waals surface area (Å²) in [6, 6.07) is 0. The third-order valence-electron chi connectivity index (χ3n) is 1.26. The van der Waals surface area contributed by atoms with E-state index in [1.54, 1.807) is 0 Å². The molecule has 0 amide bonds. The Balaban J connectivity index is 3.87. The van der Waals surface area contributed by atoms with Crippen LogP contribution in [0.5, 0.6) is 0 Å². The molecule has 0 atom stereocenters. The van der Waals surface area contributed by atoms with Gasteiger partial charge in [-0.25, -0.2) is 0 Å². The van der Waals surface area contributed by atoms with Gasteiger partial charge in [0.15, 0.2) is 6.29 Å². The summed E-state index contributed by atoms with van der Waals surface area (Å²) in [5, 5.41) is 0. The Morgan fingerprint density at radius 1 is 0.833 bits per heavy atom. The number of rotatable bonds is 5. The Bertz CT molecular complexity index is 98.4. The van der Waals surface area contributed by atoms with Gasteiger partial charge in [-0.3, -0.25) is 0 Å². The molecule has 0 aromatic carbocycles. The van der Waals surface area contributed by atoms with Crippen LogP contribution in [0.4, 0.5) is 0 Å². The van der Waals surface area contributed by atoms with Gasteiger partial charge in [0.2, 0.25) is 0 Å². The number of hydrogen-bond donors (Lipinski definition) is 0. The predicted octanol–water partition coefficient (Wildman–Crippen LogP) is 2.78. The molecule has 0 heterocycles. The fourth-order valence-corrected chi connectivity index (χ4v) is 0.799. The van der Waals surface area contributed by atoms with Gasteiger partial charge in [-0.2, -0.15) is 0 Å². The smallest absolute Gasteiger partial charge is 0.163 e. The van der Waals surface area contributed by atoms with Gasteiger partial charge in [0.25, 0.3) is 0 Å². The van der Waals surface area contributed by atoms with Crippen LogP contribution in [0.15, 0.2) is 0 Å². The summed E-state index contributed by atoms with van der Waals surface area (Å²) in [6.07, 6.45) is 0.275. The molecule has 0 aromatic rings. The number of ether oxygens (including phenoxy) is 2. The van der Waals surface area contributed by atoms with Crippen molar-refractivity contribution < 1.29 is 9.47 Å². The first-order valence-corrected chi connectivity index (χ1v) is 4.54. The third-order valence-corrected chi connectivity index (χ3v) is 1.26. The Morgan fingerprint density at radius 3 is 1.33 bits per heavy atom. The minimum atomic E-state index is -0.148. The molecule has 0 fully saturated rings. The van der Waals surface area contributed by atoms with Gasteiger partial charge in [0.05, 0.1) is 12.2 Å². The Morgan fingerprint density at radius 2 is 1.17 bits per heavy atom. The first-order chi connectivity index (χ1) is 5.43. The highest BCUT2D eigenvalue weighted by molar-refractivity contribution is 4.82. The van der Waals surface area contributed by atoms with E-state index >= 15 is 0 Å². The molecular formula is C10H21O2. The van der Waals surface area contributed by atoms with Gasteiger partial charge in [-0.05, 0) is 27.7 Å². The highest BCUT2D eigenvalue weighted by atomic mass is 16.7. The molecular weight excluding hydrogens is 152 g/mol. The monoisotopic (exact) mass is 173 g/mol. The lowest BCUT2D eigenvalue weighted by Gasteiger charge is -2.25. The molecule has 0 aromatic heterocycles. The lowest BCUT2D eigenvalue weighted by atomic mass is 10.2. The molecule has 0 bridgehead atoms. The van der Waals surface area contributed by atoms with Crippen LogP contribution in [0, 0.1) is 5.92 Å². The molecule has 2 heteroatoms. The molecule has 0 aliphatic carbocycles. The van der Waals surface area contributed by atoms with E-state index in [2.05, 4.69) is 0 Å². The van der Waals surface area contributed by atoms with Crippen molar-refractivity contribution in [2.75, 3.05) is 0 Å². The maximum absolute atomic E-state index is 5.56. The lowest BCUT2D eigenvalue weighted by Crippen LogP contribution is -2.28. The summed E-state index contributed by atoms with van der Waals surface area (Å²) in [6.45, 7) is 12.1. The summed E-state index contributed by atoms with van der Waals surface area (Å²) < 4.78 is 11.1. The molecule has 1 radical (unpaired) electrons. The zero-order chi connectivity index (χ0) is 9.72. The van der Waals surface area contributed by atoms with Crippen LogP contribution in [0.2, 0.25) is 0 Å². The van der Waals surface area contributed by atoms with Crippen molar-refractivity contribution in [3.05, 3.63) is 5.92 Å². The van der Waals surface area contributed by atoms with Gasteiger partial charge in [-0.1, -0.05) is 13.8 Å². The van der Waals surface area contributed by atoms with E-state index in [4.69, 9.17) is 9.47 Å². The Kier molecular flexibility index (Phi) is 5.51. The van der Waals surface area contributed by atoms with E-state index in [1.165, 1.54) is 0 Å². The van der Waals surface area contributed by atoms with Crippen LogP contribution in [-0.2, 0) is 9.47 Å². The summed E-state index contributed by atoms with van der Waals surface area (Å²) in [4.78, 5) is 0. The molecule has 0 saturated carbocycles. The second-order valence-corrected chi connectivity index (χ2v) is 3.78. The summed E-state index contributed by atoms with van der Waals surface area (Å²) in [5.74, 6) is 1.16. The van der Waals surface area contributed by atoms with E-state index in [0.29, 0.717) is 0 Å². The van der Waals surface area contributed by atoms with Crippen LogP contribution in [0.25, 0.3) is 0 Å². The average molecular weight is 173 g/mol. The van der Waals surface area contributed by atoms with Gasteiger partial charge in [-0.15, -0.1) is 0 Å². The van der Waals surface area contributed by atoms with Crippen LogP contribution in [-0.4, -0.2) is 18.5 Å². The van der Waals surface area contributed by atoms with Crippen molar-refractivity contribution >= 4 is 0 Å². The maximum Gasteiger partial charge on any atom is 0.163 e. The largest absolute Gasteiger partial charge is 0.349 e. The van der Waals surface area contributed by atoms with Gasteiger partial charge in [0.1, 0.15) is 0 Å². The normalized spacial score (nSPS) is 12.5. The van der Waals surface area contributed by atoms with Gasteiger partial charge in [0, 0.05) is 5.92 Å². The van der Waals surface area contributed by atoms with E-state index in [0.717, 1.165) is 5.92 Å². The van der Waals surface area contributed by atoms with E-state index in [1.807, 2.05) is 41.5 Å². The van der Waals surface area contributed by atoms with Crippen molar-refractivity contribution in [2.45, 2.75) is 60.0 Å². The standard InChI is InChI=1S/C10H21O2/c1-7(2)10(11-8(3)4)12-9(5)6/h8-10H,1-6H3. The molecule has 0 rings (SSSR count). The quantitative estimate of drug-likeness (QED) is 0.595. The molecule has 0 spiro atoms. The minimum absolute atomic E-state index is 0.148. The number of hydrogen-bond acceptors (Lipinski definition) is 2. The maximum atomic E-state index is 5.56. The second kappa shape index (κ2) is 5.55. The van der Waals surface area contributed by atoms with E-state index in [-0.39, 0.29) is 18.5 Å². The van der Waals surface area contributed by atoms with E-state index < -0.39 is 0 Å². The highest BCUT2D eigenvalue weighted by Gasteiger charge is 2.17. The molecule has 2 nitrogen and oxygen atoms in total. The van der Waals surface area contributed by atoms with Crippen molar-refractivity contribution in [2.24, 2.45) is 0 Å². The average Bonchev–Trinajstić information content (AvgIpc) is 1.83. The summed E-state index contributed by atoms with van der Waals surface area (Å²) in [7, 11) is 0. The first kappa shape index (κ1) is 11.9. The van der Waals surface area contributed by atoms with Crippen LogP contribution < -0.4 is 0 Å². The van der Waals surface area contributed by atoms with Crippen LogP contribution >= 0.6 is 0 Å². The van der Waals surface area contributed by atoms with Gasteiger partial charge < -0.3 is 9.47 Å². The topological polar surface area (TPSA) is 18.5 Å². The third kappa shape index (κ3) is 5.56. The van der Waals surface area contributed by atoms with Crippen molar-refractivity contribution in [3.63, 3.8) is 0 Å². The van der Waals surface area contributed by atoms with Crippen molar-refractivity contribution in [1.82, 2.24) is 0 Å². The van der Waals surface area contributed by atoms with Gasteiger partial charge >= 0.3 is 0 Å². The molecule has 0 saturated heterocycles. The predicted molar refractivity (Wildman–Crippen MR) is 50.8 cm³/mol. The Hall–Kier alpha value is -0.0800. The fourth-order valence-electron chi connectivity index (χ4n) is 0.799. The molecule has 0 aliphatic heterocycles. The molecule has 0 unspecified atom stereocenters. The molecule has 0 aliphatic rings. The van der Waals surface area contributed by atoms with Crippen molar-refractivity contribution in [3.8, 4) is 0 Å². The van der Waals surface area contributed by atoms with E-state index in [9.17, 15) is 0 Å². The molecule has 12 heavy (non-hydrogen) atoms. The van der Waals surface area contributed by atoms with Crippen molar-refractivity contribution in [1.29, 1.82) is 0 Å². The summed E-state index contributed by atoms with van der Waals surface area (Å²) in [5.41, 5.74) is 0.